The molecular formula is C23H28ClFN2O3. The van der Waals surface area contributed by atoms with Gasteiger partial charge >= 0.3 is 0 Å². The van der Waals surface area contributed by atoms with Gasteiger partial charge in [0.25, 0.3) is 5.91 Å². The fourth-order valence-electron chi connectivity index (χ4n) is 3.00. The van der Waals surface area contributed by atoms with Gasteiger partial charge in [-0.15, -0.1) is 0 Å². The van der Waals surface area contributed by atoms with E-state index >= 15 is 0 Å². The number of hydrogen-bond acceptors (Lipinski definition) is 3. The Hall–Kier alpha value is -2.60. The molecule has 0 aliphatic rings. The SMILES string of the molecule is CCCCNC(=O)[C@H](CC)N(Cc1ccc(Cl)cc1)C(=O)COc1ccccc1F. The number of nitrogens with one attached hydrogen (secondary N) is 1. The molecule has 0 spiro atoms. The molecule has 2 aromatic rings. The normalized spacial score (nSPS) is 11.6. The number of nitrogens with zero attached hydrogens (tertiary/aromatic N) is 1. The molecule has 2 amide bonds. The van der Waals surface area contributed by atoms with Crippen LogP contribution in [0.1, 0.15) is 38.7 Å². The summed E-state index contributed by atoms with van der Waals surface area (Å²) in [4.78, 5) is 27.2. The lowest BCUT2D eigenvalue weighted by Gasteiger charge is -2.30. The first-order valence-corrected chi connectivity index (χ1v) is 10.5. The van der Waals surface area contributed by atoms with Crippen LogP contribution >= 0.6 is 11.6 Å². The van der Waals surface area contributed by atoms with Gasteiger partial charge in [0.2, 0.25) is 5.91 Å². The number of carbonyl (C=O) groups excluding carboxylic acids is 2. The van der Waals surface area contributed by atoms with E-state index in [1.165, 1.54) is 17.0 Å². The van der Waals surface area contributed by atoms with Crippen LogP contribution in [0.4, 0.5) is 4.39 Å². The molecular weight excluding hydrogens is 407 g/mol. The van der Waals surface area contributed by atoms with Crippen LogP contribution in [0, 0.1) is 5.82 Å². The van der Waals surface area contributed by atoms with Crippen molar-refractivity contribution in [2.45, 2.75) is 45.7 Å². The van der Waals surface area contributed by atoms with Crippen molar-refractivity contribution in [3.05, 3.63) is 64.9 Å². The zero-order valence-corrected chi connectivity index (χ0v) is 18.1. The molecule has 0 aromatic heterocycles. The first-order chi connectivity index (χ1) is 14.5. The average Bonchev–Trinajstić information content (AvgIpc) is 2.74. The Balaban J connectivity index is 2.17. The Morgan fingerprint density at radius 3 is 2.47 bits per heavy atom. The van der Waals surface area contributed by atoms with Crippen LogP contribution in [-0.2, 0) is 16.1 Å². The van der Waals surface area contributed by atoms with Crippen molar-refractivity contribution in [3.63, 3.8) is 0 Å². The summed E-state index contributed by atoms with van der Waals surface area (Å²) in [5.41, 5.74) is 0.832. The van der Waals surface area contributed by atoms with Gasteiger partial charge in [-0.3, -0.25) is 9.59 Å². The number of unbranched alkanes of at least 4 members (excludes halogenated alkanes) is 1. The second-order valence-electron chi connectivity index (χ2n) is 6.94. The summed E-state index contributed by atoms with van der Waals surface area (Å²) in [6, 6.07) is 12.3. The monoisotopic (exact) mass is 434 g/mol. The largest absolute Gasteiger partial charge is 0.481 e. The van der Waals surface area contributed by atoms with Gasteiger partial charge in [0.05, 0.1) is 0 Å². The molecule has 1 N–H and O–H groups in total. The Morgan fingerprint density at radius 2 is 1.83 bits per heavy atom. The number of benzene rings is 2. The average molecular weight is 435 g/mol. The van der Waals surface area contributed by atoms with Crippen molar-refractivity contribution in [1.82, 2.24) is 10.2 Å². The lowest BCUT2D eigenvalue weighted by atomic mass is 10.1. The third-order valence-corrected chi connectivity index (χ3v) is 4.92. The van der Waals surface area contributed by atoms with E-state index in [1.54, 1.807) is 24.3 Å². The molecule has 30 heavy (non-hydrogen) atoms. The van der Waals surface area contributed by atoms with Crippen molar-refractivity contribution >= 4 is 23.4 Å². The predicted molar refractivity (Wildman–Crippen MR) is 116 cm³/mol. The van der Waals surface area contributed by atoms with Gasteiger partial charge in [0.1, 0.15) is 6.04 Å². The molecule has 0 bridgehead atoms. The molecule has 0 radical (unpaired) electrons. The van der Waals surface area contributed by atoms with E-state index in [9.17, 15) is 14.0 Å². The third-order valence-electron chi connectivity index (χ3n) is 4.67. The molecule has 5 nitrogen and oxygen atoms in total. The fraction of sp³-hybridized carbons (Fsp3) is 0.391. The Morgan fingerprint density at radius 1 is 1.13 bits per heavy atom. The van der Waals surface area contributed by atoms with Gasteiger partial charge in [0, 0.05) is 18.1 Å². The topological polar surface area (TPSA) is 58.6 Å². The zero-order valence-electron chi connectivity index (χ0n) is 17.4. The van der Waals surface area contributed by atoms with Crippen LogP contribution in [0.2, 0.25) is 5.02 Å². The van der Waals surface area contributed by atoms with E-state index < -0.39 is 17.8 Å². The minimum atomic E-state index is -0.658. The van der Waals surface area contributed by atoms with Crippen LogP contribution < -0.4 is 10.1 Å². The highest BCUT2D eigenvalue weighted by molar-refractivity contribution is 6.30. The maximum absolute atomic E-state index is 13.8. The molecule has 0 saturated carbocycles. The predicted octanol–water partition coefficient (Wildman–Crippen LogP) is 4.58. The van der Waals surface area contributed by atoms with E-state index in [0.29, 0.717) is 18.0 Å². The Labute approximate surface area is 182 Å². The Bertz CT molecular complexity index is 829. The quantitative estimate of drug-likeness (QED) is 0.526. The number of rotatable bonds is 11. The van der Waals surface area contributed by atoms with E-state index in [4.69, 9.17) is 16.3 Å². The van der Waals surface area contributed by atoms with Crippen LogP contribution in [0.25, 0.3) is 0 Å². The second-order valence-corrected chi connectivity index (χ2v) is 7.37. The molecule has 0 fully saturated rings. The highest BCUT2D eigenvalue weighted by Gasteiger charge is 2.29. The molecule has 1 atom stereocenters. The lowest BCUT2D eigenvalue weighted by Crippen LogP contribution is -2.50. The first kappa shape index (κ1) is 23.7. The van der Waals surface area contributed by atoms with Gasteiger partial charge in [-0.25, -0.2) is 4.39 Å². The van der Waals surface area contributed by atoms with Crippen LogP contribution in [0.3, 0.4) is 0 Å². The number of para-hydroxylation sites is 1. The van der Waals surface area contributed by atoms with Crippen molar-refractivity contribution in [1.29, 1.82) is 0 Å². The van der Waals surface area contributed by atoms with Gasteiger partial charge in [-0.2, -0.15) is 0 Å². The maximum Gasteiger partial charge on any atom is 0.261 e. The number of ether oxygens (including phenoxy) is 1. The summed E-state index contributed by atoms with van der Waals surface area (Å²) in [5, 5.41) is 3.48. The number of amides is 2. The summed E-state index contributed by atoms with van der Waals surface area (Å²) in [7, 11) is 0. The van der Waals surface area contributed by atoms with E-state index in [0.717, 1.165) is 18.4 Å². The minimum absolute atomic E-state index is 0.00209. The van der Waals surface area contributed by atoms with Crippen molar-refractivity contribution < 1.29 is 18.7 Å². The van der Waals surface area contributed by atoms with Crippen LogP contribution in [-0.4, -0.2) is 35.9 Å². The van der Waals surface area contributed by atoms with Crippen molar-refractivity contribution in [3.8, 4) is 5.75 Å². The highest BCUT2D eigenvalue weighted by Crippen LogP contribution is 2.18. The smallest absolute Gasteiger partial charge is 0.261 e. The Kier molecular flexibility index (Phi) is 9.61. The second kappa shape index (κ2) is 12.2. The van der Waals surface area contributed by atoms with Crippen LogP contribution in [0.5, 0.6) is 5.75 Å². The molecule has 0 aliphatic heterocycles. The number of halogens is 2. The fourth-order valence-corrected chi connectivity index (χ4v) is 3.12. The van der Waals surface area contributed by atoms with E-state index in [2.05, 4.69) is 5.32 Å². The van der Waals surface area contributed by atoms with E-state index in [-0.39, 0.29) is 24.8 Å². The summed E-state index contributed by atoms with van der Waals surface area (Å²) in [5.74, 6) is -1.15. The van der Waals surface area contributed by atoms with Gasteiger partial charge in [-0.05, 0) is 42.7 Å². The standard InChI is InChI=1S/C23H28ClFN2O3/c1-3-5-14-26-23(29)20(4-2)27(15-17-10-12-18(24)13-11-17)22(28)16-30-21-9-7-6-8-19(21)25/h6-13,20H,3-5,14-16H2,1-2H3,(H,26,29)/t20-/m0/s1. The molecule has 162 valence electrons. The zero-order chi connectivity index (χ0) is 21.9. The van der Waals surface area contributed by atoms with Gasteiger partial charge < -0.3 is 15.0 Å². The molecule has 2 aromatic carbocycles. The lowest BCUT2D eigenvalue weighted by molar-refractivity contribution is -0.143. The van der Waals surface area contributed by atoms with Gasteiger partial charge in [-0.1, -0.05) is 56.1 Å². The molecule has 0 saturated heterocycles. The molecule has 2 rings (SSSR count). The third kappa shape index (κ3) is 7.02. The van der Waals surface area contributed by atoms with Crippen molar-refractivity contribution in [2.24, 2.45) is 0 Å². The minimum Gasteiger partial charge on any atom is -0.481 e. The number of carbonyl (C=O) groups is 2. The van der Waals surface area contributed by atoms with E-state index in [1.807, 2.05) is 26.0 Å². The van der Waals surface area contributed by atoms with Crippen LogP contribution in [0.15, 0.2) is 48.5 Å². The summed E-state index contributed by atoms with van der Waals surface area (Å²) in [6.07, 6.45) is 2.27. The molecule has 0 unspecified atom stereocenters. The maximum atomic E-state index is 13.8. The summed E-state index contributed by atoms with van der Waals surface area (Å²) in [6.45, 7) is 4.30. The first-order valence-electron chi connectivity index (χ1n) is 10.1. The highest BCUT2D eigenvalue weighted by atomic mass is 35.5. The molecule has 0 aliphatic carbocycles. The summed E-state index contributed by atoms with van der Waals surface area (Å²) >= 11 is 5.95. The summed E-state index contributed by atoms with van der Waals surface area (Å²) < 4.78 is 19.2. The molecule has 0 heterocycles. The number of hydrogen-bond donors (Lipinski definition) is 1. The molecule has 7 heteroatoms. The van der Waals surface area contributed by atoms with Crippen molar-refractivity contribution in [2.75, 3.05) is 13.2 Å². The van der Waals surface area contributed by atoms with Gasteiger partial charge in [0.15, 0.2) is 18.2 Å².